The molecular weight excluding hydrogens is 348 g/mol. The van der Waals surface area contributed by atoms with E-state index in [1.807, 2.05) is 32.8 Å². The molecule has 5 heteroatoms. The Hall–Kier alpha value is -2.30. The third-order valence-corrected chi connectivity index (χ3v) is 5.22. The average Bonchev–Trinajstić information content (AvgIpc) is 2.90. The fraction of sp³-hybridized carbons (Fsp3) is 0.565. The van der Waals surface area contributed by atoms with Gasteiger partial charge < -0.3 is 9.80 Å². The van der Waals surface area contributed by atoms with E-state index in [0.29, 0.717) is 18.9 Å². The molecule has 5 nitrogen and oxygen atoms in total. The van der Waals surface area contributed by atoms with Gasteiger partial charge in [0.1, 0.15) is 0 Å². The number of benzene rings is 1. The molecule has 1 aromatic carbocycles. The van der Waals surface area contributed by atoms with Gasteiger partial charge in [0.05, 0.1) is 5.69 Å². The van der Waals surface area contributed by atoms with Gasteiger partial charge in [-0.3, -0.25) is 9.48 Å². The first kappa shape index (κ1) is 22.0. The number of aryl methyl sites for hydroxylation is 1. The molecule has 0 aliphatic carbocycles. The van der Waals surface area contributed by atoms with Crippen molar-refractivity contribution in [3.05, 3.63) is 46.8 Å². The van der Waals surface area contributed by atoms with Crippen molar-refractivity contribution < 1.29 is 4.79 Å². The largest absolute Gasteiger partial charge is 0.378 e. The Balaban J connectivity index is 2.00. The van der Waals surface area contributed by atoms with Crippen molar-refractivity contribution in [3.63, 3.8) is 0 Å². The molecule has 0 aliphatic heterocycles. The lowest BCUT2D eigenvalue weighted by Gasteiger charge is -2.22. The van der Waals surface area contributed by atoms with E-state index in [9.17, 15) is 4.79 Å². The summed E-state index contributed by atoms with van der Waals surface area (Å²) in [5.74, 6) is 0.761. The zero-order valence-corrected chi connectivity index (χ0v) is 18.6. The van der Waals surface area contributed by atoms with Gasteiger partial charge in [-0.2, -0.15) is 5.10 Å². The van der Waals surface area contributed by atoms with Gasteiger partial charge in [0.25, 0.3) is 0 Å². The Labute approximate surface area is 170 Å². The molecule has 0 unspecified atom stereocenters. The molecule has 0 fully saturated rings. The topological polar surface area (TPSA) is 41.4 Å². The first-order chi connectivity index (χ1) is 13.2. The summed E-state index contributed by atoms with van der Waals surface area (Å²) < 4.78 is 2.09. The molecule has 1 amide bonds. The van der Waals surface area contributed by atoms with Crippen LogP contribution >= 0.6 is 0 Å². The molecule has 2 rings (SSSR count). The number of aromatic nitrogens is 2. The van der Waals surface area contributed by atoms with Gasteiger partial charge in [-0.1, -0.05) is 26.0 Å². The Kier molecular flexibility index (Phi) is 7.67. The van der Waals surface area contributed by atoms with Crippen LogP contribution in [0.5, 0.6) is 0 Å². The minimum Gasteiger partial charge on any atom is -0.378 e. The van der Waals surface area contributed by atoms with Crippen molar-refractivity contribution in [1.29, 1.82) is 0 Å². The van der Waals surface area contributed by atoms with Gasteiger partial charge in [-0.25, -0.2) is 0 Å². The zero-order chi connectivity index (χ0) is 20.8. The predicted molar refractivity (Wildman–Crippen MR) is 117 cm³/mol. The normalized spacial score (nSPS) is 11.1. The molecule has 1 heterocycles. The minimum absolute atomic E-state index is 0.203. The van der Waals surface area contributed by atoms with Gasteiger partial charge in [0.15, 0.2) is 0 Å². The first-order valence-corrected chi connectivity index (χ1v) is 10.3. The monoisotopic (exact) mass is 384 g/mol. The van der Waals surface area contributed by atoms with E-state index >= 15 is 0 Å². The van der Waals surface area contributed by atoms with Crippen molar-refractivity contribution in [2.45, 2.75) is 60.5 Å². The van der Waals surface area contributed by atoms with Crippen LogP contribution in [0.1, 0.15) is 49.7 Å². The van der Waals surface area contributed by atoms with Crippen LogP contribution in [0.15, 0.2) is 24.3 Å². The van der Waals surface area contributed by atoms with E-state index in [-0.39, 0.29) is 5.91 Å². The van der Waals surface area contributed by atoms with Crippen LogP contribution in [0.3, 0.4) is 0 Å². The molecule has 0 aliphatic rings. The molecule has 0 N–H and O–H groups in total. The highest BCUT2D eigenvalue weighted by molar-refractivity contribution is 5.76. The number of carbonyl (C=O) groups is 1. The zero-order valence-electron chi connectivity index (χ0n) is 18.6. The standard InChI is InChI=1S/C23H36N4O/c1-8-26(16-20-9-11-21(12-10-20)25(6)7)23(28)14-13-22-18(4)24-27(19(22)5)15-17(2)3/h9-12,17H,8,13-16H2,1-7H3. The Morgan fingerprint density at radius 3 is 2.32 bits per heavy atom. The van der Waals surface area contributed by atoms with Crippen molar-refractivity contribution in [3.8, 4) is 0 Å². The Morgan fingerprint density at radius 2 is 1.79 bits per heavy atom. The van der Waals surface area contributed by atoms with E-state index in [1.165, 1.54) is 16.9 Å². The van der Waals surface area contributed by atoms with Gasteiger partial charge in [0, 0.05) is 51.5 Å². The average molecular weight is 385 g/mol. The van der Waals surface area contributed by atoms with Crippen molar-refractivity contribution in [1.82, 2.24) is 14.7 Å². The molecule has 0 saturated carbocycles. The SMILES string of the molecule is CCN(Cc1ccc(N(C)C)cc1)C(=O)CCc1c(C)nn(CC(C)C)c1C. The van der Waals surface area contributed by atoms with Crippen molar-refractivity contribution >= 4 is 11.6 Å². The van der Waals surface area contributed by atoms with Crippen LogP contribution < -0.4 is 4.90 Å². The number of hydrogen-bond donors (Lipinski definition) is 0. The molecule has 0 spiro atoms. The van der Waals surface area contributed by atoms with E-state index < -0.39 is 0 Å². The Morgan fingerprint density at radius 1 is 1.14 bits per heavy atom. The molecule has 0 radical (unpaired) electrons. The lowest BCUT2D eigenvalue weighted by Crippen LogP contribution is -2.30. The molecular formula is C23H36N4O. The fourth-order valence-electron chi connectivity index (χ4n) is 3.51. The smallest absolute Gasteiger partial charge is 0.223 e. The van der Waals surface area contributed by atoms with Crippen LogP contribution in [0.2, 0.25) is 0 Å². The third-order valence-electron chi connectivity index (χ3n) is 5.22. The van der Waals surface area contributed by atoms with Crippen molar-refractivity contribution in [2.75, 3.05) is 25.5 Å². The number of hydrogen-bond acceptors (Lipinski definition) is 3. The maximum atomic E-state index is 12.8. The molecule has 0 bridgehead atoms. The summed E-state index contributed by atoms with van der Waals surface area (Å²) in [5, 5.41) is 4.67. The maximum Gasteiger partial charge on any atom is 0.223 e. The van der Waals surface area contributed by atoms with Gasteiger partial charge >= 0.3 is 0 Å². The molecule has 28 heavy (non-hydrogen) atoms. The summed E-state index contributed by atoms with van der Waals surface area (Å²) in [5.41, 5.74) is 5.80. The maximum absolute atomic E-state index is 12.8. The predicted octanol–water partition coefficient (Wildman–Crippen LogP) is 4.20. The minimum atomic E-state index is 0.203. The molecule has 2 aromatic rings. The van der Waals surface area contributed by atoms with E-state index in [1.54, 1.807) is 0 Å². The molecule has 154 valence electrons. The summed E-state index contributed by atoms with van der Waals surface area (Å²) in [6.45, 7) is 12.9. The summed E-state index contributed by atoms with van der Waals surface area (Å²) >= 11 is 0. The lowest BCUT2D eigenvalue weighted by molar-refractivity contribution is -0.131. The second-order valence-electron chi connectivity index (χ2n) is 8.19. The van der Waals surface area contributed by atoms with Crippen molar-refractivity contribution in [2.24, 2.45) is 5.92 Å². The van der Waals surface area contributed by atoms with E-state index in [4.69, 9.17) is 0 Å². The number of carbonyl (C=O) groups excluding carboxylic acids is 1. The molecule has 0 saturated heterocycles. The molecule has 1 aromatic heterocycles. The van der Waals surface area contributed by atoms with Gasteiger partial charge in [-0.05, 0) is 56.4 Å². The van der Waals surface area contributed by atoms with Crippen LogP contribution in [0.25, 0.3) is 0 Å². The molecule has 0 atom stereocenters. The number of anilines is 1. The van der Waals surface area contributed by atoms with Gasteiger partial charge in [0.2, 0.25) is 5.91 Å². The second-order valence-corrected chi connectivity index (χ2v) is 8.19. The highest BCUT2D eigenvalue weighted by Crippen LogP contribution is 2.18. The van der Waals surface area contributed by atoms with E-state index in [0.717, 1.165) is 30.8 Å². The van der Waals surface area contributed by atoms with Crippen LogP contribution in [0, 0.1) is 19.8 Å². The number of amides is 1. The summed E-state index contributed by atoms with van der Waals surface area (Å²) in [6, 6.07) is 8.41. The quantitative estimate of drug-likeness (QED) is 0.650. The first-order valence-electron chi connectivity index (χ1n) is 10.3. The third kappa shape index (κ3) is 5.60. The Bertz CT molecular complexity index is 775. The second kappa shape index (κ2) is 9.76. The fourth-order valence-corrected chi connectivity index (χ4v) is 3.51. The van der Waals surface area contributed by atoms with E-state index in [2.05, 4.69) is 59.7 Å². The number of nitrogens with zero attached hydrogens (tertiary/aromatic N) is 4. The van der Waals surface area contributed by atoms with Crippen LogP contribution in [0.4, 0.5) is 5.69 Å². The highest BCUT2D eigenvalue weighted by Gasteiger charge is 2.17. The highest BCUT2D eigenvalue weighted by atomic mass is 16.2. The van der Waals surface area contributed by atoms with Crippen LogP contribution in [-0.4, -0.2) is 41.2 Å². The summed E-state index contributed by atoms with van der Waals surface area (Å²) in [7, 11) is 4.06. The summed E-state index contributed by atoms with van der Waals surface area (Å²) in [4.78, 5) is 16.8. The number of rotatable bonds is 9. The van der Waals surface area contributed by atoms with Crippen LogP contribution in [-0.2, 0) is 24.3 Å². The summed E-state index contributed by atoms with van der Waals surface area (Å²) in [6.07, 6.45) is 1.28. The lowest BCUT2D eigenvalue weighted by atomic mass is 10.1. The van der Waals surface area contributed by atoms with Gasteiger partial charge in [-0.15, -0.1) is 0 Å².